The summed E-state index contributed by atoms with van der Waals surface area (Å²) in [5.74, 6) is 0.637. The minimum Gasteiger partial charge on any atom is -0.331 e. The Labute approximate surface area is 134 Å². The van der Waals surface area contributed by atoms with Crippen molar-refractivity contribution < 1.29 is 0 Å². The Bertz CT molecular complexity index is 689. The molecule has 5 heteroatoms. The Kier molecular flexibility index (Phi) is 4.11. The molecule has 1 aliphatic rings. The third-order valence-electron chi connectivity index (χ3n) is 4.41. The summed E-state index contributed by atoms with van der Waals surface area (Å²) < 4.78 is 3.03. The maximum atomic E-state index is 6.18. The van der Waals surface area contributed by atoms with Crippen molar-refractivity contribution in [3.63, 3.8) is 0 Å². The van der Waals surface area contributed by atoms with Crippen molar-refractivity contribution in [3.05, 3.63) is 26.9 Å². The first-order chi connectivity index (χ1) is 9.58. The Morgan fingerprint density at radius 3 is 2.65 bits per heavy atom. The van der Waals surface area contributed by atoms with Gasteiger partial charge in [0.25, 0.3) is 0 Å². The van der Waals surface area contributed by atoms with Crippen molar-refractivity contribution in [2.24, 2.45) is 5.92 Å². The van der Waals surface area contributed by atoms with Crippen molar-refractivity contribution in [2.75, 3.05) is 0 Å². The van der Waals surface area contributed by atoms with Crippen LogP contribution in [0.25, 0.3) is 11.0 Å². The zero-order valence-corrected chi connectivity index (χ0v) is 13.8. The highest BCUT2D eigenvalue weighted by Crippen LogP contribution is 2.36. The SMILES string of the molecule is CC1CCCCCC1n1c(=S)[nH]c2cc(Cl)c(Cl)cc21. The molecule has 1 aliphatic carbocycles. The van der Waals surface area contributed by atoms with Gasteiger partial charge >= 0.3 is 0 Å². The molecule has 2 nitrogen and oxygen atoms in total. The molecule has 1 fully saturated rings. The second kappa shape index (κ2) is 5.70. The van der Waals surface area contributed by atoms with E-state index in [0.717, 1.165) is 15.8 Å². The minimum atomic E-state index is 0.455. The Hall–Kier alpha value is -0.510. The first kappa shape index (κ1) is 14.4. The number of fused-ring (bicyclic) bond motifs is 1. The van der Waals surface area contributed by atoms with Gasteiger partial charge in [-0.3, -0.25) is 0 Å². The van der Waals surface area contributed by atoms with Crippen LogP contribution in [0.15, 0.2) is 12.1 Å². The van der Waals surface area contributed by atoms with Gasteiger partial charge in [0.05, 0.1) is 21.1 Å². The van der Waals surface area contributed by atoms with Crippen LogP contribution in [-0.2, 0) is 0 Å². The van der Waals surface area contributed by atoms with Crippen molar-refractivity contribution in [1.82, 2.24) is 9.55 Å². The van der Waals surface area contributed by atoms with E-state index in [0.29, 0.717) is 22.0 Å². The first-order valence-corrected chi connectivity index (χ1v) is 8.33. The van der Waals surface area contributed by atoms with Gasteiger partial charge in [-0.1, -0.05) is 49.4 Å². The highest BCUT2D eigenvalue weighted by Gasteiger charge is 2.24. The van der Waals surface area contributed by atoms with Gasteiger partial charge in [-0.05, 0) is 43.1 Å². The molecule has 1 N–H and O–H groups in total. The number of hydrogen-bond donors (Lipinski definition) is 1. The van der Waals surface area contributed by atoms with Crippen LogP contribution < -0.4 is 0 Å². The van der Waals surface area contributed by atoms with Crippen LogP contribution in [0, 0.1) is 10.7 Å². The third-order valence-corrected chi connectivity index (χ3v) is 5.43. The lowest BCUT2D eigenvalue weighted by Gasteiger charge is -2.24. The minimum absolute atomic E-state index is 0.455. The molecule has 0 bridgehead atoms. The van der Waals surface area contributed by atoms with Gasteiger partial charge in [-0.15, -0.1) is 0 Å². The molecule has 1 aromatic carbocycles. The summed E-state index contributed by atoms with van der Waals surface area (Å²) in [4.78, 5) is 3.27. The first-order valence-electron chi connectivity index (χ1n) is 7.17. The number of nitrogens with zero attached hydrogens (tertiary/aromatic N) is 1. The second-order valence-electron chi connectivity index (χ2n) is 5.77. The summed E-state index contributed by atoms with van der Waals surface area (Å²) in [6.07, 6.45) is 6.36. The molecule has 20 heavy (non-hydrogen) atoms. The number of nitrogens with one attached hydrogen (secondary N) is 1. The van der Waals surface area contributed by atoms with E-state index in [-0.39, 0.29) is 0 Å². The third kappa shape index (κ3) is 2.51. The number of aromatic nitrogens is 2. The number of imidazole rings is 1. The van der Waals surface area contributed by atoms with Gasteiger partial charge in [0.1, 0.15) is 0 Å². The molecule has 2 aromatic rings. The van der Waals surface area contributed by atoms with E-state index < -0.39 is 0 Å². The Morgan fingerprint density at radius 2 is 1.85 bits per heavy atom. The fourth-order valence-electron chi connectivity index (χ4n) is 3.31. The molecule has 1 aromatic heterocycles. The second-order valence-corrected chi connectivity index (χ2v) is 6.97. The number of halogens is 2. The molecule has 2 atom stereocenters. The number of aromatic amines is 1. The standard InChI is InChI=1S/C15H18Cl2N2S/c1-9-5-3-2-4-6-13(9)19-14-8-11(17)10(16)7-12(14)18-15(19)20/h7-9,13H,2-6H2,1H3,(H,18,20). The number of hydrogen-bond acceptors (Lipinski definition) is 1. The largest absolute Gasteiger partial charge is 0.331 e. The maximum absolute atomic E-state index is 6.18. The van der Waals surface area contributed by atoms with Crippen LogP contribution in [0.3, 0.4) is 0 Å². The predicted molar refractivity (Wildman–Crippen MR) is 88.4 cm³/mol. The summed E-state index contributed by atoms with van der Waals surface area (Å²) >= 11 is 17.8. The average Bonchev–Trinajstić information content (AvgIpc) is 2.58. The lowest BCUT2D eigenvalue weighted by Crippen LogP contribution is -2.16. The van der Waals surface area contributed by atoms with Gasteiger partial charge in [-0.25, -0.2) is 0 Å². The normalized spacial score (nSPS) is 23.9. The molecule has 1 heterocycles. The number of rotatable bonds is 1. The van der Waals surface area contributed by atoms with E-state index in [4.69, 9.17) is 35.4 Å². The van der Waals surface area contributed by atoms with Crippen molar-refractivity contribution >= 4 is 46.5 Å². The number of benzene rings is 1. The lowest BCUT2D eigenvalue weighted by molar-refractivity contribution is 0.338. The fraction of sp³-hybridized carbons (Fsp3) is 0.533. The lowest BCUT2D eigenvalue weighted by atomic mass is 9.96. The fourth-order valence-corrected chi connectivity index (χ4v) is 3.97. The zero-order valence-electron chi connectivity index (χ0n) is 11.5. The molecule has 2 unspecified atom stereocenters. The average molecular weight is 329 g/mol. The topological polar surface area (TPSA) is 20.7 Å². The van der Waals surface area contributed by atoms with Crippen molar-refractivity contribution in [3.8, 4) is 0 Å². The number of H-pyrrole nitrogens is 1. The van der Waals surface area contributed by atoms with E-state index in [2.05, 4.69) is 16.5 Å². The van der Waals surface area contributed by atoms with Gasteiger partial charge in [0, 0.05) is 6.04 Å². The monoisotopic (exact) mass is 328 g/mol. The summed E-state index contributed by atoms with van der Waals surface area (Å²) in [7, 11) is 0. The van der Waals surface area contributed by atoms with Crippen molar-refractivity contribution in [2.45, 2.75) is 45.1 Å². The summed E-state index contributed by atoms with van der Waals surface area (Å²) in [5, 5.41) is 1.15. The molecule has 0 amide bonds. The van der Waals surface area contributed by atoms with Crippen LogP contribution in [0.5, 0.6) is 0 Å². The zero-order chi connectivity index (χ0) is 14.3. The van der Waals surface area contributed by atoms with Gasteiger partial charge in [-0.2, -0.15) is 0 Å². The highest BCUT2D eigenvalue weighted by molar-refractivity contribution is 7.71. The predicted octanol–water partition coefficient (Wildman–Crippen LogP) is 6.15. The van der Waals surface area contributed by atoms with E-state index in [1.165, 1.54) is 32.1 Å². The molecule has 108 valence electrons. The summed E-state index contributed by atoms with van der Waals surface area (Å²) in [6.45, 7) is 2.33. The molecule has 0 aliphatic heterocycles. The van der Waals surface area contributed by atoms with Gasteiger partial charge in [0.2, 0.25) is 0 Å². The van der Waals surface area contributed by atoms with E-state index in [9.17, 15) is 0 Å². The van der Waals surface area contributed by atoms with Crippen molar-refractivity contribution in [1.29, 1.82) is 0 Å². The van der Waals surface area contributed by atoms with Gasteiger partial charge < -0.3 is 9.55 Å². The molecule has 3 rings (SSSR count). The van der Waals surface area contributed by atoms with Crippen LogP contribution in [0.2, 0.25) is 10.0 Å². The van der Waals surface area contributed by atoms with E-state index >= 15 is 0 Å². The summed E-state index contributed by atoms with van der Waals surface area (Å²) in [5.41, 5.74) is 2.05. The van der Waals surface area contributed by atoms with Crippen LogP contribution in [-0.4, -0.2) is 9.55 Å². The molecule has 0 radical (unpaired) electrons. The quantitative estimate of drug-likeness (QED) is 0.492. The van der Waals surface area contributed by atoms with Crippen LogP contribution >= 0.6 is 35.4 Å². The smallest absolute Gasteiger partial charge is 0.178 e. The van der Waals surface area contributed by atoms with Crippen LogP contribution in [0.4, 0.5) is 0 Å². The Balaban J connectivity index is 2.17. The molecular formula is C15H18Cl2N2S. The van der Waals surface area contributed by atoms with Gasteiger partial charge in [0.15, 0.2) is 4.77 Å². The van der Waals surface area contributed by atoms with E-state index in [1.54, 1.807) is 0 Å². The molecule has 1 saturated carbocycles. The van der Waals surface area contributed by atoms with E-state index in [1.807, 2.05) is 12.1 Å². The molecular weight excluding hydrogens is 311 g/mol. The maximum Gasteiger partial charge on any atom is 0.178 e. The summed E-state index contributed by atoms with van der Waals surface area (Å²) in [6, 6.07) is 4.26. The molecule has 0 spiro atoms. The Morgan fingerprint density at radius 1 is 1.15 bits per heavy atom. The molecule has 0 saturated heterocycles. The highest BCUT2D eigenvalue weighted by atomic mass is 35.5. The van der Waals surface area contributed by atoms with Crippen LogP contribution in [0.1, 0.15) is 45.1 Å².